The Balaban J connectivity index is 0.00000261. The summed E-state index contributed by atoms with van der Waals surface area (Å²) in [5.74, 6) is -0.596. The van der Waals surface area contributed by atoms with E-state index in [1.165, 1.54) is 36.4 Å². The molecular weight excluding hydrogens is 393 g/mol. The van der Waals surface area contributed by atoms with Crippen LogP contribution >= 0.6 is 12.4 Å². The first kappa shape index (κ1) is 21.1. The summed E-state index contributed by atoms with van der Waals surface area (Å²) in [5.41, 5.74) is 0.810. The number of halogens is 2. The number of carbonyl (C=O) groups is 1. The largest absolute Gasteiger partial charge is 0.352 e. The third kappa shape index (κ3) is 4.97. The van der Waals surface area contributed by atoms with E-state index >= 15 is 0 Å². The van der Waals surface area contributed by atoms with Crippen molar-refractivity contribution in [2.75, 3.05) is 24.4 Å². The summed E-state index contributed by atoms with van der Waals surface area (Å²) in [6.45, 7) is 4.00. The Morgan fingerprint density at radius 1 is 1.22 bits per heavy atom. The molecule has 1 aliphatic rings. The van der Waals surface area contributed by atoms with E-state index in [-0.39, 0.29) is 34.5 Å². The van der Waals surface area contributed by atoms with E-state index in [2.05, 4.69) is 15.4 Å². The molecule has 3 N–H and O–H groups in total. The lowest BCUT2D eigenvalue weighted by Gasteiger charge is -2.27. The molecule has 1 fully saturated rings. The van der Waals surface area contributed by atoms with Gasteiger partial charge in [0.25, 0.3) is 15.9 Å². The monoisotopic (exact) mass is 413 g/mol. The van der Waals surface area contributed by atoms with E-state index in [1.54, 1.807) is 13.0 Å². The summed E-state index contributed by atoms with van der Waals surface area (Å²) < 4.78 is 41.0. The normalized spacial score (nSPS) is 14.0. The van der Waals surface area contributed by atoms with Crippen molar-refractivity contribution in [1.82, 2.24) is 10.6 Å². The number of nitrogens with one attached hydrogen (secondary N) is 3. The summed E-state index contributed by atoms with van der Waals surface area (Å²) in [6, 6.07) is 9.78. The molecule has 27 heavy (non-hydrogen) atoms. The van der Waals surface area contributed by atoms with Crippen LogP contribution in [0.2, 0.25) is 0 Å². The molecular formula is C18H21ClFN3O3S. The maximum absolute atomic E-state index is 13.7. The highest BCUT2D eigenvalue weighted by molar-refractivity contribution is 7.92. The Kier molecular flexibility index (Phi) is 6.80. The number of benzene rings is 2. The second-order valence-corrected chi connectivity index (χ2v) is 7.98. The van der Waals surface area contributed by atoms with E-state index in [0.29, 0.717) is 18.0 Å². The second kappa shape index (κ2) is 8.69. The van der Waals surface area contributed by atoms with E-state index in [0.717, 1.165) is 13.1 Å². The predicted octanol–water partition coefficient (Wildman–Crippen LogP) is 2.31. The molecule has 0 atom stereocenters. The molecule has 0 bridgehead atoms. The molecule has 1 aliphatic heterocycles. The molecule has 2 aromatic rings. The van der Waals surface area contributed by atoms with Crippen molar-refractivity contribution < 1.29 is 17.6 Å². The summed E-state index contributed by atoms with van der Waals surface area (Å²) in [6.07, 6.45) is 0. The molecule has 1 amide bonds. The molecule has 3 rings (SSSR count). The number of para-hydroxylation sites is 1. The minimum atomic E-state index is -4.01. The van der Waals surface area contributed by atoms with Gasteiger partial charge >= 0.3 is 0 Å². The summed E-state index contributed by atoms with van der Waals surface area (Å²) in [5, 5.41) is 5.95. The molecule has 6 nitrogen and oxygen atoms in total. The van der Waals surface area contributed by atoms with Crippen molar-refractivity contribution in [3.8, 4) is 0 Å². The number of carbonyl (C=O) groups excluding carboxylic acids is 1. The molecule has 0 aromatic heterocycles. The van der Waals surface area contributed by atoms with Gasteiger partial charge in [-0.2, -0.15) is 0 Å². The number of sulfonamides is 1. The first-order valence-electron chi connectivity index (χ1n) is 8.24. The topological polar surface area (TPSA) is 87.3 Å². The number of amides is 1. The maximum atomic E-state index is 13.7. The smallest absolute Gasteiger partial charge is 0.262 e. The van der Waals surface area contributed by atoms with Gasteiger partial charge in [0.05, 0.1) is 10.6 Å². The highest BCUT2D eigenvalue weighted by Gasteiger charge is 2.21. The number of rotatable bonds is 6. The van der Waals surface area contributed by atoms with Crippen LogP contribution in [-0.4, -0.2) is 34.0 Å². The fourth-order valence-corrected chi connectivity index (χ4v) is 3.68. The Bertz CT molecular complexity index is 933. The van der Waals surface area contributed by atoms with Crippen molar-refractivity contribution in [1.29, 1.82) is 0 Å². The Morgan fingerprint density at radius 2 is 1.93 bits per heavy atom. The van der Waals surface area contributed by atoms with Gasteiger partial charge in [-0.1, -0.05) is 18.2 Å². The van der Waals surface area contributed by atoms with Gasteiger partial charge < -0.3 is 10.6 Å². The van der Waals surface area contributed by atoms with Crippen LogP contribution in [0.4, 0.5) is 10.1 Å². The quantitative estimate of drug-likeness (QED) is 0.678. The van der Waals surface area contributed by atoms with Crippen LogP contribution in [0.25, 0.3) is 0 Å². The standard InChI is InChI=1S/C18H20FN3O3S.ClH/c1-12-6-7-14(8-15(12)18(23)21-11-13-9-20-10-13)26(24,25)22-17-5-3-2-4-16(17)19;/h2-8,13,20,22H,9-11H2,1H3,(H,21,23);1H. The van der Waals surface area contributed by atoms with Gasteiger partial charge in [-0.15, -0.1) is 12.4 Å². The maximum Gasteiger partial charge on any atom is 0.262 e. The van der Waals surface area contributed by atoms with Crippen molar-refractivity contribution >= 4 is 34.0 Å². The van der Waals surface area contributed by atoms with Gasteiger partial charge in [-0.25, -0.2) is 12.8 Å². The Hall–Kier alpha value is -2.16. The molecule has 0 aliphatic carbocycles. The van der Waals surface area contributed by atoms with Crippen molar-refractivity contribution in [2.45, 2.75) is 11.8 Å². The minimum absolute atomic E-state index is 0. The van der Waals surface area contributed by atoms with Crippen LogP contribution in [0.5, 0.6) is 0 Å². The van der Waals surface area contributed by atoms with Crippen LogP contribution in [-0.2, 0) is 10.0 Å². The SMILES string of the molecule is Cc1ccc(S(=O)(=O)Nc2ccccc2F)cc1C(=O)NCC1CNC1.Cl. The van der Waals surface area contributed by atoms with E-state index in [4.69, 9.17) is 0 Å². The molecule has 9 heteroatoms. The van der Waals surface area contributed by atoms with Gasteiger partial charge in [0, 0.05) is 31.1 Å². The average Bonchev–Trinajstić information content (AvgIpc) is 2.55. The van der Waals surface area contributed by atoms with Gasteiger partial charge in [-0.05, 0) is 36.8 Å². The lowest BCUT2D eigenvalue weighted by atomic mass is 10.0. The molecule has 0 radical (unpaired) electrons. The highest BCUT2D eigenvalue weighted by atomic mass is 35.5. The molecule has 0 unspecified atom stereocenters. The minimum Gasteiger partial charge on any atom is -0.352 e. The number of anilines is 1. The van der Waals surface area contributed by atoms with Crippen molar-refractivity contribution in [3.63, 3.8) is 0 Å². The number of hydrogen-bond acceptors (Lipinski definition) is 4. The van der Waals surface area contributed by atoms with E-state index in [1.807, 2.05) is 0 Å². The fourth-order valence-electron chi connectivity index (χ4n) is 2.59. The predicted molar refractivity (Wildman–Crippen MR) is 104 cm³/mol. The Labute approximate surface area is 164 Å². The molecule has 146 valence electrons. The highest BCUT2D eigenvalue weighted by Crippen LogP contribution is 2.21. The summed E-state index contributed by atoms with van der Waals surface area (Å²) >= 11 is 0. The van der Waals surface area contributed by atoms with Crippen molar-refractivity contribution in [3.05, 3.63) is 59.4 Å². The van der Waals surface area contributed by atoms with Crippen molar-refractivity contribution in [2.24, 2.45) is 5.92 Å². The summed E-state index contributed by atoms with van der Waals surface area (Å²) in [7, 11) is -4.01. The number of aryl methyl sites for hydroxylation is 1. The number of hydrogen-bond donors (Lipinski definition) is 3. The first-order chi connectivity index (χ1) is 12.4. The summed E-state index contributed by atoms with van der Waals surface area (Å²) in [4.78, 5) is 12.3. The third-order valence-corrected chi connectivity index (χ3v) is 5.66. The third-order valence-electron chi connectivity index (χ3n) is 4.30. The van der Waals surface area contributed by atoms with Gasteiger partial charge in [0.15, 0.2) is 0 Å². The first-order valence-corrected chi connectivity index (χ1v) is 9.72. The Morgan fingerprint density at radius 3 is 2.56 bits per heavy atom. The molecule has 0 saturated carbocycles. The van der Waals surface area contributed by atoms with Gasteiger partial charge in [-0.3, -0.25) is 9.52 Å². The lowest BCUT2D eigenvalue weighted by Crippen LogP contribution is -2.48. The van der Waals surface area contributed by atoms with Crippen LogP contribution in [0, 0.1) is 18.7 Å². The van der Waals surface area contributed by atoms with Crippen LogP contribution in [0.1, 0.15) is 15.9 Å². The van der Waals surface area contributed by atoms with Crippen LogP contribution in [0.3, 0.4) is 0 Å². The molecule has 1 saturated heterocycles. The van der Waals surface area contributed by atoms with Crippen LogP contribution in [0.15, 0.2) is 47.4 Å². The van der Waals surface area contributed by atoms with Gasteiger partial charge in [0.1, 0.15) is 5.82 Å². The zero-order chi connectivity index (χ0) is 18.7. The molecule has 1 heterocycles. The molecule has 0 spiro atoms. The molecule has 2 aromatic carbocycles. The zero-order valence-electron chi connectivity index (χ0n) is 14.7. The van der Waals surface area contributed by atoms with E-state index < -0.39 is 15.8 Å². The van der Waals surface area contributed by atoms with E-state index in [9.17, 15) is 17.6 Å². The average molecular weight is 414 g/mol. The van der Waals surface area contributed by atoms with Crippen LogP contribution < -0.4 is 15.4 Å². The second-order valence-electron chi connectivity index (χ2n) is 6.30. The zero-order valence-corrected chi connectivity index (χ0v) is 16.3. The van der Waals surface area contributed by atoms with Gasteiger partial charge in [0.2, 0.25) is 0 Å². The lowest BCUT2D eigenvalue weighted by molar-refractivity contribution is 0.0941. The fraction of sp³-hybridized carbons (Fsp3) is 0.278.